The number of thiazole rings is 1. The van der Waals surface area contributed by atoms with Crippen molar-refractivity contribution in [3.05, 3.63) is 47.9 Å². The molecule has 3 saturated heterocycles. The molecule has 0 aliphatic carbocycles. The first kappa shape index (κ1) is 18.0. The molecular formula is C21H19N3O5S. The van der Waals surface area contributed by atoms with Crippen LogP contribution in [-0.4, -0.2) is 45.2 Å². The van der Waals surface area contributed by atoms with Gasteiger partial charge in [-0.1, -0.05) is 19.1 Å². The zero-order valence-corrected chi connectivity index (χ0v) is 16.9. The molecule has 6 heterocycles. The van der Waals surface area contributed by atoms with Crippen LogP contribution < -0.4 is 5.32 Å². The van der Waals surface area contributed by atoms with Crippen LogP contribution in [-0.2, 0) is 19.1 Å². The average molecular weight is 425 g/mol. The van der Waals surface area contributed by atoms with E-state index in [0.717, 1.165) is 0 Å². The van der Waals surface area contributed by atoms with Gasteiger partial charge >= 0.3 is 0 Å². The van der Waals surface area contributed by atoms with Crippen LogP contribution in [0.1, 0.15) is 25.1 Å². The second-order valence-electron chi connectivity index (χ2n) is 8.31. The van der Waals surface area contributed by atoms with Gasteiger partial charge in [0.1, 0.15) is 17.1 Å². The number of carbonyl (C=O) groups is 3. The highest BCUT2D eigenvalue weighted by molar-refractivity contribution is 7.13. The monoisotopic (exact) mass is 425 g/mol. The van der Waals surface area contributed by atoms with Gasteiger partial charge in [-0.15, -0.1) is 11.3 Å². The summed E-state index contributed by atoms with van der Waals surface area (Å²) in [4.78, 5) is 45.6. The van der Waals surface area contributed by atoms with Gasteiger partial charge in [0.15, 0.2) is 5.13 Å². The number of nitrogens with zero attached hydrogens (tertiary/aromatic N) is 2. The SMILES string of the molecule is C[C@@H]1C(=O)C[C@@H](c2ccco2)N2C(=O)[C@H]3[C@@H](C(=O)Nc4nccs4)[C@H]4C=C[C@@]3(O4)[C@H]12. The number of nitrogens with one attached hydrogen (secondary N) is 1. The van der Waals surface area contributed by atoms with Gasteiger partial charge in [-0.25, -0.2) is 4.98 Å². The summed E-state index contributed by atoms with van der Waals surface area (Å²) in [5, 5.41) is 5.08. The highest BCUT2D eigenvalue weighted by atomic mass is 32.1. The maximum Gasteiger partial charge on any atom is 0.233 e. The summed E-state index contributed by atoms with van der Waals surface area (Å²) in [5.41, 5.74) is -0.979. The van der Waals surface area contributed by atoms with Crippen molar-refractivity contribution in [2.45, 2.75) is 37.1 Å². The van der Waals surface area contributed by atoms with Crippen molar-refractivity contribution in [3.63, 3.8) is 0 Å². The summed E-state index contributed by atoms with van der Waals surface area (Å²) in [6.07, 6.45) is 6.61. The van der Waals surface area contributed by atoms with E-state index in [4.69, 9.17) is 9.15 Å². The Labute approximate surface area is 175 Å². The molecule has 0 radical (unpaired) electrons. The molecule has 2 bridgehead atoms. The minimum atomic E-state index is -0.979. The molecular weight excluding hydrogens is 406 g/mol. The fourth-order valence-corrected chi connectivity index (χ4v) is 6.27. The number of furan rings is 1. The summed E-state index contributed by atoms with van der Waals surface area (Å²) in [5.74, 6) is -1.54. The van der Waals surface area contributed by atoms with Gasteiger partial charge in [0, 0.05) is 23.9 Å². The van der Waals surface area contributed by atoms with Gasteiger partial charge < -0.3 is 19.4 Å². The molecule has 8 nitrogen and oxygen atoms in total. The lowest BCUT2D eigenvalue weighted by Crippen LogP contribution is -2.55. The molecule has 7 atom stereocenters. The minimum absolute atomic E-state index is 0.0663. The quantitative estimate of drug-likeness (QED) is 0.757. The Morgan fingerprint density at radius 3 is 3.00 bits per heavy atom. The highest BCUT2D eigenvalue weighted by Crippen LogP contribution is 2.59. The van der Waals surface area contributed by atoms with Crippen LogP contribution in [0.25, 0.3) is 0 Å². The molecule has 3 fully saturated rings. The van der Waals surface area contributed by atoms with E-state index in [1.165, 1.54) is 11.3 Å². The molecule has 2 aromatic heterocycles. The normalized spacial score (nSPS) is 38.8. The maximum absolute atomic E-state index is 13.7. The van der Waals surface area contributed by atoms with Crippen molar-refractivity contribution >= 4 is 34.1 Å². The number of hydrogen-bond donors (Lipinski definition) is 1. The fourth-order valence-electron chi connectivity index (χ4n) is 5.74. The second-order valence-corrected chi connectivity index (χ2v) is 9.20. The smallest absolute Gasteiger partial charge is 0.233 e. The van der Waals surface area contributed by atoms with Crippen molar-refractivity contribution in [1.29, 1.82) is 0 Å². The third kappa shape index (κ3) is 2.19. The molecule has 0 saturated carbocycles. The largest absolute Gasteiger partial charge is 0.467 e. The Balaban J connectivity index is 1.41. The van der Waals surface area contributed by atoms with Crippen LogP contribution in [0.15, 0.2) is 46.5 Å². The van der Waals surface area contributed by atoms with E-state index in [1.54, 1.807) is 34.9 Å². The Kier molecular flexibility index (Phi) is 3.67. The predicted octanol–water partition coefficient (Wildman–Crippen LogP) is 2.18. The number of carbonyl (C=O) groups excluding carboxylic acids is 3. The third-order valence-corrected chi connectivity index (χ3v) is 7.61. The van der Waals surface area contributed by atoms with Crippen LogP contribution >= 0.6 is 11.3 Å². The first-order valence-electron chi connectivity index (χ1n) is 9.97. The van der Waals surface area contributed by atoms with Crippen LogP contribution in [0.4, 0.5) is 5.13 Å². The van der Waals surface area contributed by atoms with Crippen LogP contribution in [0, 0.1) is 17.8 Å². The van der Waals surface area contributed by atoms with E-state index in [-0.39, 0.29) is 24.0 Å². The van der Waals surface area contributed by atoms with E-state index in [1.807, 2.05) is 19.1 Å². The number of amides is 2. The van der Waals surface area contributed by atoms with Gasteiger partial charge in [0.05, 0.1) is 36.3 Å². The third-order valence-electron chi connectivity index (χ3n) is 6.92. The molecule has 154 valence electrons. The first-order valence-corrected chi connectivity index (χ1v) is 10.8. The number of rotatable bonds is 3. The topological polar surface area (TPSA) is 102 Å². The summed E-state index contributed by atoms with van der Waals surface area (Å²) >= 11 is 1.32. The molecule has 9 heteroatoms. The number of ether oxygens (including phenoxy) is 1. The zero-order chi connectivity index (χ0) is 20.6. The molecule has 4 aliphatic rings. The molecule has 2 aromatic rings. The number of ketones is 1. The van der Waals surface area contributed by atoms with Crippen molar-refractivity contribution in [1.82, 2.24) is 9.88 Å². The lowest BCUT2D eigenvalue weighted by molar-refractivity contribution is -0.147. The summed E-state index contributed by atoms with van der Waals surface area (Å²) < 4.78 is 11.9. The molecule has 1 N–H and O–H groups in total. The van der Waals surface area contributed by atoms with Gasteiger partial charge in [-0.05, 0) is 12.1 Å². The molecule has 30 heavy (non-hydrogen) atoms. The van der Waals surface area contributed by atoms with Crippen LogP contribution in [0.2, 0.25) is 0 Å². The van der Waals surface area contributed by atoms with E-state index in [2.05, 4.69) is 10.3 Å². The Morgan fingerprint density at radius 1 is 1.40 bits per heavy atom. The summed E-state index contributed by atoms with van der Waals surface area (Å²) in [6.45, 7) is 1.84. The predicted molar refractivity (Wildman–Crippen MR) is 105 cm³/mol. The number of anilines is 1. The maximum atomic E-state index is 13.7. The van der Waals surface area contributed by atoms with Gasteiger partial charge in [0.25, 0.3) is 0 Å². The Morgan fingerprint density at radius 2 is 2.27 bits per heavy atom. The standard InChI is InChI=1S/C21H19N3O5S/c1-10-12(25)9-11(13-3-2-7-28-13)24-17(10)21-5-4-14(29-21)15(16(21)19(24)27)18(26)23-20-22-6-8-30-20/h2-8,10-11,14-17H,9H2,1H3,(H,22,23,26)/t10-,11+,14-,15+,16-,17+,21+/m1/s1. The van der Waals surface area contributed by atoms with E-state index < -0.39 is 41.5 Å². The lowest BCUT2D eigenvalue weighted by atomic mass is 9.70. The lowest BCUT2D eigenvalue weighted by Gasteiger charge is -2.43. The minimum Gasteiger partial charge on any atom is -0.467 e. The number of piperidine rings is 1. The first-order chi connectivity index (χ1) is 14.5. The van der Waals surface area contributed by atoms with Gasteiger partial charge in [-0.3, -0.25) is 14.4 Å². The van der Waals surface area contributed by atoms with Gasteiger partial charge in [0.2, 0.25) is 11.8 Å². The second kappa shape index (κ2) is 6.12. The average Bonchev–Trinajstić information content (AvgIpc) is 3.52. The van der Waals surface area contributed by atoms with Crippen molar-refractivity contribution in [3.8, 4) is 0 Å². The summed E-state index contributed by atoms with van der Waals surface area (Å²) in [6, 6.07) is 2.58. The number of hydrogen-bond acceptors (Lipinski definition) is 7. The van der Waals surface area contributed by atoms with Crippen molar-refractivity contribution < 1.29 is 23.5 Å². The summed E-state index contributed by atoms with van der Waals surface area (Å²) in [7, 11) is 0. The Hall–Kier alpha value is -2.78. The van der Waals surface area contributed by atoms with Crippen LogP contribution in [0.5, 0.6) is 0 Å². The molecule has 4 aliphatic heterocycles. The fraction of sp³-hybridized carbons (Fsp3) is 0.429. The number of aromatic nitrogens is 1. The van der Waals surface area contributed by atoms with Crippen LogP contribution in [0.3, 0.4) is 0 Å². The zero-order valence-electron chi connectivity index (χ0n) is 16.1. The van der Waals surface area contributed by atoms with E-state index in [0.29, 0.717) is 10.9 Å². The molecule has 0 unspecified atom stereocenters. The van der Waals surface area contributed by atoms with Gasteiger partial charge in [-0.2, -0.15) is 0 Å². The highest BCUT2D eigenvalue weighted by Gasteiger charge is 2.74. The molecule has 0 aromatic carbocycles. The van der Waals surface area contributed by atoms with Crippen molar-refractivity contribution in [2.75, 3.05) is 5.32 Å². The molecule has 2 amide bonds. The Bertz CT molecular complexity index is 1060. The number of Topliss-reactive ketones (excluding diaryl/α,β-unsaturated/α-hetero) is 1. The number of fused-ring (bicyclic) bond motifs is 2. The van der Waals surface area contributed by atoms with Crippen molar-refractivity contribution in [2.24, 2.45) is 17.8 Å². The van der Waals surface area contributed by atoms with E-state index >= 15 is 0 Å². The van der Waals surface area contributed by atoms with E-state index in [9.17, 15) is 14.4 Å². The molecule has 6 rings (SSSR count). The molecule has 1 spiro atoms.